The molecule has 0 saturated carbocycles. The molecule has 1 aromatic rings. The number of aromatic carboxylic acids is 1. The Hall–Kier alpha value is -1.78. The molecule has 0 unspecified atom stereocenters. The number of rotatable bonds is 5. The highest BCUT2D eigenvalue weighted by molar-refractivity contribution is 7.96. The van der Waals surface area contributed by atoms with Gasteiger partial charge in [0.05, 0.1) is 21.2 Å². The number of carboxylic acid groups (broad SMARTS) is 1. The number of anilines is 1. The standard InChI is InChI=1S/C13H11Cl2F3N2O4S/c1-6(3-9(7(2)14)13(16,17)18)25(23,24)20-10-4-8(15)5-19-11(10)12(21)22/h3-5,20H,1-2H3,(H,21,22)/b6-3+,9-7-. The van der Waals surface area contributed by atoms with Crippen molar-refractivity contribution in [3.63, 3.8) is 0 Å². The normalized spacial score (nSPS) is 14.1. The summed E-state index contributed by atoms with van der Waals surface area (Å²) in [5, 5.41) is 8.26. The van der Waals surface area contributed by atoms with E-state index in [1.54, 1.807) is 0 Å². The second-order valence-electron chi connectivity index (χ2n) is 4.66. The average Bonchev–Trinajstić information content (AvgIpc) is 2.41. The van der Waals surface area contributed by atoms with E-state index in [4.69, 9.17) is 28.3 Å². The molecule has 0 amide bonds. The van der Waals surface area contributed by atoms with Gasteiger partial charge >= 0.3 is 12.1 Å². The first-order valence-electron chi connectivity index (χ1n) is 6.29. The van der Waals surface area contributed by atoms with Crippen molar-refractivity contribution >= 4 is 44.9 Å². The number of carbonyl (C=O) groups is 1. The zero-order valence-corrected chi connectivity index (χ0v) is 15.0. The Balaban J connectivity index is 3.36. The number of allylic oxidation sites excluding steroid dienone is 4. The molecule has 0 fully saturated rings. The summed E-state index contributed by atoms with van der Waals surface area (Å²) in [4.78, 5) is 13.8. The minimum absolute atomic E-state index is 0.0724. The first-order chi connectivity index (χ1) is 11.3. The lowest BCUT2D eigenvalue weighted by molar-refractivity contribution is -0.0886. The highest BCUT2D eigenvalue weighted by Gasteiger charge is 2.34. The lowest BCUT2D eigenvalue weighted by Gasteiger charge is -2.13. The van der Waals surface area contributed by atoms with Crippen LogP contribution in [0.2, 0.25) is 5.02 Å². The number of pyridine rings is 1. The maximum Gasteiger partial charge on any atom is 0.417 e. The molecule has 0 aliphatic heterocycles. The zero-order chi connectivity index (χ0) is 19.6. The third-order valence-corrected chi connectivity index (χ3v) is 4.61. The van der Waals surface area contributed by atoms with E-state index in [1.807, 2.05) is 4.72 Å². The zero-order valence-electron chi connectivity index (χ0n) is 12.6. The Bertz CT molecular complexity index is 861. The SMILES string of the molecule is C/C(Cl)=C(\C=C(/C)S(=O)(=O)Nc1cc(Cl)cnc1C(=O)O)C(F)(F)F. The van der Waals surface area contributed by atoms with E-state index in [0.717, 1.165) is 26.1 Å². The van der Waals surface area contributed by atoms with Crippen molar-refractivity contribution in [2.75, 3.05) is 4.72 Å². The van der Waals surface area contributed by atoms with Crippen LogP contribution in [-0.2, 0) is 10.0 Å². The van der Waals surface area contributed by atoms with Crippen LogP contribution < -0.4 is 4.72 Å². The molecule has 2 N–H and O–H groups in total. The number of halogens is 5. The van der Waals surface area contributed by atoms with E-state index in [9.17, 15) is 26.4 Å². The van der Waals surface area contributed by atoms with E-state index in [0.29, 0.717) is 6.08 Å². The summed E-state index contributed by atoms with van der Waals surface area (Å²) in [6.45, 7) is 1.85. The second-order valence-corrected chi connectivity index (χ2v) is 7.52. The number of nitrogens with one attached hydrogen (secondary N) is 1. The van der Waals surface area contributed by atoms with Gasteiger partial charge in [-0.3, -0.25) is 4.72 Å². The predicted molar refractivity (Wildman–Crippen MR) is 87.1 cm³/mol. The first-order valence-corrected chi connectivity index (χ1v) is 8.53. The average molecular weight is 419 g/mol. The van der Waals surface area contributed by atoms with Crippen LogP contribution in [0.3, 0.4) is 0 Å². The molecule has 1 rings (SSSR count). The highest BCUT2D eigenvalue weighted by Crippen LogP contribution is 2.32. The largest absolute Gasteiger partial charge is 0.476 e. The van der Waals surface area contributed by atoms with Gasteiger partial charge in [-0.2, -0.15) is 13.2 Å². The minimum Gasteiger partial charge on any atom is -0.476 e. The molecule has 1 heterocycles. The van der Waals surface area contributed by atoms with Crippen molar-refractivity contribution in [1.29, 1.82) is 0 Å². The summed E-state index contributed by atoms with van der Waals surface area (Å²) in [5.41, 5.74) is -2.51. The van der Waals surface area contributed by atoms with Crippen molar-refractivity contribution in [3.05, 3.63) is 44.6 Å². The molecule has 0 spiro atoms. The number of nitrogens with zero attached hydrogens (tertiary/aromatic N) is 1. The summed E-state index contributed by atoms with van der Waals surface area (Å²) in [6.07, 6.45) is -3.55. The minimum atomic E-state index is -4.87. The Morgan fingerprint density at radius 3 is 2.36 bits per heavy atom. The van der Waals surface area contributed by atoms with Crippen LogP contribution in [0.4, 0.5) is 18.9 Å². The second kappa shape index (κ2) is 7.63. The molecular weight excluding hydrogens is 408 g/mol. The lowest BCUT2D eigenvalue weighted by atomic mass is 10.2. The van der Waals surface area contributed by atoms with Crippen molar-refractivity contribution in [1.82, 2.24) is 4.98 Å². The number of hydrogen-bond donors (Lipinski definition) is 2. The topological polar surface area (TPSA) is 96.4 Å². The summed E-state index contributed by atoms with van der Waals surface area (Å²) in [7, 11) is -4.52. The molecule has 138 valence electrons. The van der Waals surface area contributed by atoms with Gasteiger partial charge in [0.2, 0.25) is 0 Å². The molecule has 0 aromatic carbocycles. The summed E-state index contributed by atoms with van der Waals surface area (Å²) in [5.74, 6) is -1.55. The lowest BCUT2D eigenvalue weighted by Crippen LogP contribution is -2.18. The van der Waals surface area contributed by atoms with E-state index < -0.39 is 49.1 Å². The number of alkyl halides is 3. The third-order valence-electron chi connectivity index (χ3n) is 2.75. The van der Waals surface area contributed by atoms with Gasteiger partial charge in [-0.1, -0.05) is 23.2 Å². The van der Waals surface area contributed by atoms with Gasteiger partial charge in [0.1, 0.15) is 0 Å². The van der Waals surface area contributed by atoms with Crippen LogP contribution in [0.5, 0.6) is 0 Å². The fourth-order valence-corrected chi connectivity index (χ4v) is 2.77. The Kier molecular flexibility index (Phi) is 6.49. The molecule has 0 radical (unpaired) electrons. The summed E-state index contributed by atoms with van der Waals surface area (Å²) >= 11 is 11.0. The van der Waals surface area contributed by atoms with Gasteiger partial charge in [0, 0.05) is 11.2 Å². The van der Waals surface area contributed by atoms with Crippen molar-refractivity contribution in [2.45, 2.75) is 20.0 Å². The fraction of sp³-hybridized carbons (Fsp3) is 0.231. The smallest absolute Gasteiger partial charge is 0.417 e. The van der Waals surface area contributed by atoms with Gasteiger partial charge in [-0.15, -0.1) is 0 Å². The maximum atomic E-state index is 12.9. The summed E-state index contributed by atoms with van der Waals surface area (Å²) in [6, 6.07) is 0.968. The Morgan fingerprint density at radius 2 is 1.92 bits per heavy atom. The van der Waals surface area contributed by atoms with E-state index in [2.05, 4.69) is 4.98 Å². The van der Waals surface area contributed by atoms with Crippen LogP contribution in [0, 0.1) is 0 Å². The van der Waals surface area contributed by atoms with E-state index >= 15 is 0 Å². The van der Waals surface area contributed by atoms with Gasteiger partial charge in [0.15, 0.2) is 5.69 Å². The number of sulfonamides is 1. The van der Waals surface area contributed by atoms with Crippen LogP contribution in [0.15, 0.2) is 33.8 Å². The van der Waals surface area contributed by atoms with Crippen LogP contribution >= 0.6 is 23.2 Å². The van der Waals surface area contributed by atoms with Crippen LogP contribution in [-0.4, -0.2) is 30.7 Å². The van der Waals surface area contributed by atoms with E-state index in [1.165, 1.54) is 0 Å². The molecule has 0 atom stereocenters. The maximum absolute atomic E-state index is 12.9. The Labute approximate surface area is 151 Å². The fourth-order valence-electron chi connectivity index (χ4n) is 1.57. The van der Waals surface area contributed by atoms with Crippen molar-refractivity contribution in [3.8, 4) is 0 Å². The van der Waals surface area contributed by atoms with Crippen LogP contribution in [0.25, 0.3) is 0 Å². The predicted octanol–water partition coefficient (Wildman–Crippen LogP) is 4.15. The summed E-state index contributed by atoms with van der Waals surface area (Å²) < 4.78 is 64.8. The van der Waals surface area contributed by atoms with Gasteiger partial charge in [-0.05, 0) is 26.0 Å². The quantitative estimate of drug-likeness (QED) is 0.699. The molecule has 25 heavy (non-hydrogen) atoms. The number of aromatic nitrogens is 1. The third kappa shape index (κ3) is 5.62. The van der Waals surface area contributed by atoms with Crippen LogP contribution in [0.1, 0.15) is 24.3 Å². The highest BCUT2D eigenvalue weighted by atomic mass is 35.5. The molecule has 12 heteroatoms. The van der Waals surface area contributed by atoms with Gasteiger partial charge in [-0.25, -0.2) is 18.2 Å². The number of carboxylic acids is 1. The number of hydrogen-bond acceptors (Lipinski definition) is 4. The molecule has 1 aromatic heterocycles. The van der Waals surface area contributed by atoms with Gasteiger partial charge < -0.3 is 5.11 Å². The molecular formula is C13H11Cl2F3N2O4S. The molecule has 0 bridgehead atoms. The van der Waals surface area contributed by atoms with Crippen molar-refractivity contribution < 1.29 is 31.5 Å². The monoisotopic (exact) mass is 418 g/mol. The molecule has 0 aliphatic carbocycles. The van der Waals surface area contributed by atoms with E-state index in [-0.39, 0.29) is 5.02 Å². The molecule has 0 saturated heterocycles. The van der Waals surface area contributed by atoms with Crippen molar-refractivity contribution in [2.24, 2.45) is 0 Å². The Morgan fingerprint density at radius 1 is 1.36 bits per heavy atom. The van der Waals surface area contributed by atoms with Gasteiger partial charge in [0.25, 0.3) is 10.0 Å². The first kappa shape index (κ1) is 21.3. The molecule has 0 aliphatic rings. The molecule has 6 nitrogen and oxygen atoms in total.